The Morgan fingerprint density at radius 1 is 1.35 bits per heavy atom. The first kappa shape index (κ1) is 21.9. The molecule has 1 fully saturated rings. The number of halogens is 2. The molecule has 1 aliphatic rings. The van der Waals surface area contributed by atoms with Gasteiger partial charge in [-0.1, -0.05) is 0 Å². The molecule has 1 heterocycles. The average Bonchev–Trinajstić information content (AvgIpc) is 3.50. The number of carbonyl (C=O) groups is 1. The first-order valence-corrected chi connectivity index (χ1v) is 10.9. The van der Waals surface area contributed by atoms with Crippen LogP contribution < -0.4 is 10.8 Å². The van der Waals surface area contributed by atoms with Crippen molar-refractivity contribution in [2.45, 2.75) is 25.5 Å². The van der Waals surface area contributed by atoms with Crippen LogP contribution in [0.2, 0.25) is 0 Å². The number of hydroxylamine groups is 1. The Morgan fingerprint density at radius 3 is 2.77 bits per heavy atom. The van der Waals surface area contributed by atoms with E-state index in [1.165, 1.54) is 17.0 Å². The zero-order valence-electron chi connectivity index (χ0n) is 16.5. The number of rotatable bonds is 9. The van der Waals surface area contributed by atoms with Crippen LogP contribution in [0, 0.1) is 15.3 Å². The summed E-state index contributed by atoms with van der Waals surface area (Å²) in [6, 6.07) is 8.80. The summed E-state index contributed by atoms with van der Waals surface area (Å²) >= 11 is 2.17. The van der Waals surface area contributed by atoms with E-state index in [9.17, 15) is 9.90 Å². The number of aliphatic hydroxyl groups is 2. The molecule has 1 amide bonds. The topological polar surface area (TPSA) is 109 Å². The number of anilines is 2. The van der Waals surface area contributed by atoms with Gasteiger partial charge in [-0.2, -0.15) is 0 Å². The molecule has 4 N–H and O–H groups in total. The van der Waals surface area contributed by atoms with Gasteiger partial charge in [0.25, 0.3) is 5.91 Å². The number of fused-ring (bicyclic) bond motifs is 1. The SMILES string of the molecule is O=C(NOCC1CC1)c1cc2c(ncn2CC(O)CO)c(F)c1Nc1ccc(I)cc1. The third-order valence-corrected chi connectivity index (χ3v) is 5.73. The van der Waals surface area contributed by atoms with Crippen LogP contribution in [-0.2, 0) is 11.4 Å². The molecule has 8 nitrogen and oxygen atoms in total. The molecule has 1 aromatic heterocycles. The fourth-order valence-electron chi connectivity index (χ4n) is 3.13. The van der Waals surface area contributed by atoms with Gasteiger partial charge in [-0.15, -0.1) is 0 Å². The lowest BCUT2D eigenvalue weighted by molar-refractivity contribution is 0.0271. The summed E-state index contributed by atoms with van der Waals surface area (Å²) in [5.74, 6) is -0.837. The first-order valence-electron chi connectivity index (χ1n) is 9.87. The minimum atomic E-state index is -1.04. The van der Waals surface area contributed by atoms with Gasteiger partial charge >= 0.3 is 0 Å². The van der Waals surface area contributed by atoms with Crippen LogP contribution in [0.25, 0.3) is 11.0 Å². The maximum atomic E-state index is 15.5. The highest BCUT2D eigenvalue weighted by atomic mass is 127. The standard InChI is InChI=1S/C21H22FIN4O4/c22-18-19(25-14-5-3-13(23)4-6-14)16(21(30)26-31-10-12-1-2-12)7-17-20(18)24-11-27(17)8-15(29)9-28/h3-7,11-12,15,25,28-29H,1-2,8-10H2,(H,26,30). The normalized spacial score (nSPS) is 14.6. The van der Waals surface area contributed by atoms with Crippen LogP contribution in [0.5, 0.6) is 0 Å². The van der Waals surface area contributed by atoms with Crippen molar-refractivity contribution in [1.82, 2.24) is 15.0 Å². The highest BCUT2D eigenvalue weighted by Crippen LogP contribution is 2.32. The number of carbonyl (C=O) groups excluding carboxylic acids is 1. The van der Waals surface area contributed by atoms with E-state index in [0.717, 1.165) is 16.4 Å². The van der Waals surface area contributed by atoms with E-state index in [1.807, 2.05) is 12.1 Å². The van der Waals surface area contributed by atoms with Gasteiger partial charge < -0.3 is 20.1 Å². The zero-order chi connectivity index (χ0) is 22.0. The second-order valence-corrected chi connectivity index (χ2v) is 8.78. The van der Waals surface area contributed by atoms with Gasteiger partial charge in [0.1, 0.15) is 5.52 Å². The number of nitrogens with one attached hydrogen (secondary N) is 2. The van der Waals surface area contributed by atoms with E-state index in [2.05, 4.69) is 38.4 Å². The van der Waals surface area contributed by atoms with Gasteiger partial charge in [0, 0.05) is 9.26 Å². The molecule has 1 unspecified atom stereocenters. The summed E-state index contributed by atoms with van der Waals surface area (Å²) in [5, 5.41) is 21.9. The van der Waals surface area contributed by atoms with Gasteiger partial charge in [-0.05, 0) is 71.7 Å². The summed E-state index contributed by atoms with van der Waals surface area (Å²) < 4.78 is 18.0. The molecule has 3 aromatic rings. The van der Waals surface area contributed by atoms with Crippen molar-refractivity contribution < 1.29 is 24.2 Å². The van der Waals surface area contributed by atoms with Crippen LogP contribution in [0.15, 0.2) is 36.7 Å². The van der Waals surface area contributed by atoms with Crippen LogP contribution in [-0.4, -0.2) is 45.0 Å². The largest absolute Gasteiger partial charge is 0.394 e. The molecule has 10 heteroatoms. The predicted octanol–water partition coefficient (Wildman–Crippen LogP) is 2.95. The van der Waals surface area contributed by atoms with E-state index >= 15 is 4.39 Å². The fraction of sp³-hybridized carbons (Fsp3) is 0.333. The average molecular weight is 540 g/mol. The summed E-state index contributed by atoms with van der Waals surface area (Å²) in [4.78, 5) is 22.3. The maximum Gasteiger partial charge on any atom is 0.277 e. The fourth-order valence-corrected chi connectivity index (χ4v) is 3.49. The van der Waals surface area contributed by atoms with E-state index in [1.54, 1.807) is 12.1 Å². The lowest BCUT2D eigenvalue weighted by atomic mass is 10.1. The van der Waals surface area contributed by atoms with Crippen molar-refractivity contribution in [1.29, 1.82) is 0 Å². The molecular weight excluding hydrogens is 518 g/mol. The number of amides is 1. The van der Waals surface area contributed by atoms with Gasteiger partial charge in [0.2, 0.25) is 0 Å². The smallest absolute Gasteiger partial charge is 0.277 e. The van der Waals surface area contributed by atoms with Gasteiger partial charge in [-0.25, -0.2) is 14.9 Å². The predicted molar refractivity (Wildman–Crippen MR) is 121 cm³/mol. The highest BCUT2D eigenvalue weighted by molar-refractivity contribution is 14.1. The number of hydrogen-bond acceptors (Lipinski definition) is 6. The van der Waals surface area contributed by atoms with Crippen molar-refractivity contribution >= 4 is 50.9 Å². The molecule has 1 saturated carbocycles. The molecule has 2 aromatic carbocycles. The molecule has 0 aliphatic heterocycles. The molecule has 31 heavy (non-hydrogen) atoms. The Kier molecular flexibility index (Phi) is 6.70. The van der Waals surface area contributed by atoms with Crippen molar-refractivity contribution in [3.63, 3.8) is 0 Å². The summed E-state index contributed by atoms with van der Waals surface area (Å²) in [6.07, 6.45) is 2.47. The van der Waals surface area contributed by atoms with Gasteiger partial charge in [0.05, 0.1) is 49.0 Å². The van der Waals surface area contributed by atoms with Gasteiger partial charge in [-0.3, -0.25) is 9.63 Å². The Labute approximate surface area is 191 Å². The van der Waals surface area contributed by atoms with Crippen molar-refractivity contribution in [3.05, 3.63) is 51.6 Å². The van der Waals surface area contributed by atoms with E-state index in [0.29, 0.717) is 23.7 Å². The Morgan fingerprint density at radius 2 is 2.10 bits per heavy atom. The number of aromatic nitrogens is 2. The van der Waals surface area contributed by atoms with E-state index < -0.39 is 24.4 Å². The minimum absolute atomic E-state index is 0.00950. The number of aliphatic hydroxyl groups excluding tert-OH is 2. The molecule has 164 valence electrons. The quantitative estimate of drug-likeness (QED) is 0.246. The number of imidazole rings is 1. The molecular formula is C21H22FIN4O4. The Bertz CT molecular complexity index is 1090. The van der Waals surface area contributed by atoms with Gasteiger partial charge in [0.15, 0.2) is 5.82 Å². The third kappa shape index (κ3) is 5.14. The number of benzene rings is 2. The Hall–Kier alpha value is -2.28. The lowest BCUT2D eigenvalue weighted by Gasteiger charge is -2.15. The monoisotopic (exact) mass is 540 g/mol. The first-order chi connectivity index (χ1) is 15.0. The van der Waals surface area contributed by atoms with Crippen LogP contribution in [0.4, 0.5) is 15.8 Å². The van der Waals surface area contributed by atoms with Crippen LogP contribution >= 0.6 is 22.6 Å². The Balaban J connectivity index is 1.71. The van der Waals surface area contributed by atoms with Crippen LogP contribution in [0.3, 0.4) is 0 Å². The van der Waals surface area contributed by atoms with Crippen molar-refractivity contribution in [3.8, 4) is 0 Å². The minimum Gasteiger partial charge on any atom is -0.394 e. The zero-order valence-corrected chi connectivity index (χ0v) is 18.7. The van der Waals surface area contributed by atoms with Crippen molar-refractivity contribution in [2.24, 2.45) is 5.92 Å². The van der Waals surface area contributed by atoms with Crippen LogP contribution in [0.1, 0.15) is 23.2 Å². The highest BCUT2D eigenvalue weighted by Gasteiger charge is 2.25. The lowest BCUT2D eigenvalue weighted by Crippen LogP contribution is -2.26. The molecule has 0 spiro atoms. The number of hydrogen-bond donors (Lipinski definition) is 4. The van der Waals surface area contributed by atoms with Crippen molar-refractivity contribution in [2.75, 3.05) is 18.5 Å². The summed E-state index contributed by atoms with van der Waals surface area (Å²) in [7, 11) is 0. The third-order valence-electron chi connectivity index (χ3n) is 5.01. The molecule has 0 radical (unpaired) electrons. The summed E-state index contributed by atoms with van der Waals surface area (Å²) in [5.41, 5.74) is 3.40. The van der Waals surface area contributed by atoms with E-state index in [-0.39, 0.29) is 23.3 Å². The molecule has 4 rings (SSSR count). The molecule has 1 atom stereocenters. The number of nitrogens with zero attached hydrogens (tertiary/aromatic N) is 2. The molecule has 1 aliphatic carbocycles. The summed E-state index contributed by atoms with van der Waals surface area (Å²) in [6.45, 7) is -0.0243. The van der Waals surface area contributed by atoms with E-state index in [4.69, 9.17) is 9.94 Å². The molecule has 0 bridgehead atoms. The second kappa shape index (κ2) is 9.47. The second-order valence-electron chi connectivity index (χ2n) is 7.53. The molecule has 0 saturated heterocycles. The maximum absolute atomic E-state index is 15.5.